The van der Waals surface area contributed by atoms with E-state index in [4.69, 9.17) is 14.5 Å². The van der Waals surface area contributed by atoms with Crippen molar-refractivity contribution in [1.82, 2.24) is 19.9 Å². The lowest BCUT2D eigenvalue weighted by atomic mass is 10.0. The molecule has 1 N–H and O–H groups in total. The molecule has 2 aliphatic rings. The standard InChI is InChI=1S/C36H42N6O4/c1-6-24-17-21-42(33(24)43)30-13-7-11-27-26(30)15-14-23(2)31(27)45-32-28(12-8-18-37-32)29-16-19-38-34(40-29)39-25-10-9-20-41(22-25)35(44)46-36(3,4)5/h7-8,11-16,18-19,24-25H,6,9-10,17,20-22H2,1-5H3,(H,38,39,40)/t24-,25-/m0/s1. The van der Waals surface area contributed by atoms with Crippen molar-refractivity contribution in [2.24, 2.45) is 5.92 Å². The second-order valence-corrected chi connectivity index (χ2v) is 13.1. The number of likely N-dealkylation sites (tertiary alicyclic amines) is 1. The van der Waals surface area contributed by atoms with Crippen LogP contribution >= 0.6 is 0 Å². The van der Waals surface area contributed by atoms with Crippen LogP contribution in [-0.2, 0) is 9.53 Å². The van der Waals surface area contributed by atoms with Gasteiger partial charge in [0.25, 0.3) is 0 Å². The predicted molar refractivity (Wildman–Crippen MR) is 179 cm³/mol. The summed E-state index contributed by atoms with van der Waals surface area (Å²) in [6.45, 7) is 11.6. The van der Waals surface area contributed by atoms with Crippen molar-refractivity contribution in [2.45, 2.75) is 71.9 Å². The van der Waals surface area contributed by atoms with Crippen LogP contribution in [0, 0.1) is 12.8 Å². The molecule has 10 nitrogen and oxygen atoms in total. The first-order valence-corrected chi connectivity index (χ1v) is 16.2. The van der Waals surface area contributed by atoms with Gasteiger partial charge in [-0.3, -0.25) is 4.79 Å². The lowest BCUT2D eigenvalue weighted by molar-refractivity contribution is -0.120. The number of piperidine rings is 1. The Balaban J connectivity index is 1.25. The molecule has 2 amide bonds. The maximum atomic E-state index is 13.1. The number of hydrogen-bond donors (Lipinski definition) is 1. The van der Waals surface area contributed by atoms with Gasteiger partial charge in [0.15, 0.2) is 0 Å². The van der Waals surface area contributed by atoms with Gasteiger partial charge >= 0.3 is 6.09 Å². The molecule has 6 rings (SSSR count). The molecule has 0 aliphatic carbocycles. The number of rotatable bonds is 7. The Morgan fingerprint density at radius 1 is 1.00 bits per heavy atom. The molecule has 46 heavy (non-hydrogen) atoms. The van der Waals surface area contributed by atoms with Gasteiger partial charge in [-0.05, 0) is 83.2 Å². The largest absolute Gasteiger partial charge is 0.444 e. The first-order valence-electron chi connectivity index (χ1n) is 16.2. The van der Waals surface area contributed by atoms with Crippen molar-refractivity contribution in [3.05, 3.63) is 66.5 Å². The molecule has 0 spiro atoms. The van der Waals surface area contributed by atoms with E-state index in [9.17, 15) is 9.59 Å². The Bertz CT molecular complexity index is 1750. The molecule has 0 unspecified atom stereocenters. The van der Waals surface area contributed by atoms with Crippen molar-refractivity contribution in [3.8, 4) is 22.9 Å². The summed E-state index contributed by atoms with van der Waals surface area (Å²) in [5, 5.41) is 5.30. The van der Waals surface area contributed by atoms with Crippen molar-refractivity contribution in [2.75, 3.05) is 29.9 Å². The fourth-order valence-corrected chi connectivity index (χ4v) is 6.26. The van der Waals surface area contributed by atoms with Crippen LogP contribution in [0.4, 0.5) is 16.4 Å². The Morgan fingerprint density at radius 3 is 2.63 bits per heavy atom. The molecular formula is C36H42N6O4. The average Bonchev–Trinajstić information content (AvgIpc) is 3.41. The van der Waals surface area contributed by atoms with Crippen LogP contribution in [0.1, 0.15) is 58.9 Å². The zero-order chi connectivity index (χ0) is 32.4. The first kappa shape index (κ1) is 31.3. The summed E-state index contributed by atoms with van der Waals surface area (Å²) in [4.78, 5) is 43.4. The number of amides is 2. The third-order valence-corrected chi connectivity index (χ3v) is 8.59. The molecule has 2 saturated heterocycles. The number of pyridine rings is 1. The van der Waals surface area contributed by atoms with E-state index in [-0.39, 0.29) is 24.0 Å². The van der Waals surface area contributed by atoms with Gasteiger partial charge in [0, 0.05) is 54.8 Å². The Hall–Kier alpha value is -4.73. The molecular weight excluding hydrogens is 580 g/mol. The topological polar surface area (TPSA) is 110 Å². The minimum absolute atomic E-state index is 0.0104. The summed E-state index contributed by atoms with van der Waals surface area (Å²) in [5.41, 5.74) is 2.70. The van der Waals surface area contributed by atoms with Crippen LogP contribution < -0.4 is 15.0 Å². The van der Waals surface area contributed by atoms with Gasteiger partial charge in [-0.2, -0.15) is 0 Å². The fourth-order valence-electron chi connectivity index (χ4n) is 6.26. The summed E-state index contributed by atoms with van der Waals surface area (Å²) in [6.07, 6.45) is 6.57. The third-order valence-electron chi connectivity index (χ3n) is 8.59. The highest BCUT2D eigenvalue weighted by atomic mass is 16.6. The van der Waals surface area contributed by atoms with Crippen LogP contribution in [0.5, 0.6) is 11.6 Å². The van der Waals surface area contributed by atoms with Gasteiger partial charge in [0.2, 0.25) is 17.7 Å². The molecule has 4 aromatic rings. The third kappa shape index (κ3) is 6.61. The molecule has 2 atom stereocenters. The van der Waals surface area contributed by atoms with E-state index in [1.165, 1.54) is 0 Å². The van der Waals surface area contributed by atoms with Crippen LogP contribution in [-0.4, -0.2) is 63.1 Å². The quantitative estimate of drug-likeness (QED) is 0.228. The number of carbonyl (C=O) groups excluding carboxylic acids is 2. The number of anilines is 2. The highest BCUT2D eigenvalue weighted by molar-refractivity contribution is 6.07. The monoisotopic (exact) mass is 622 g/mol. The second kappa shape index (κ2) is 12.9. The van der Waals surface area contributed by atoms with Gasteiger partial charge < -0.3 is 24.6 Å². The molecule has 240 valence electrons. The first-order chi connectivity index (χ1) is 22.1. The maximum Gasteiger partial charge on any atom is 0.410 e. The van der Waals surface area contributed by atoms with Crippen molar-refractivity contribution in [3.63, 3.8) is 0 Å². The molecule has 2 aromatic heterocycles. The van der Waals surface area contributed by atoms with Gasteiger partial charge in [-0.15, -0.1) is 0 Å². The van der Waals surface area contributed by atoms with Gasteiger partial charge in [-0.1, -0.05) is 31.2 Å². The zero-order valence-corrected chi connectivity index (χ0v) is 27.2. The SMILES string of the molecule is CC[C@H]1CCN(c2cccc3c(Oc4ncccc4-c4ccnc(N[C@H]5CCCN(C(=O)OC(C)(C)C)C5)n4)c(C)ccc23)C1=O. The van der Waals surface area contributed by atoms with E-state index < -0.39 is 5.60 Å². The van der Waals surface area contributed by atoms with Crippen LogP contribution in [0.2, 0.25) is 0 Å². The Kier molecular flexibility index (Phi) is 8.80. The second-order valence-electron chi connectivity index (χ2n) is 13.1. The predicted octanol–water partition coefficient (Wildman–Crippen LogP) is 7.37. The maximum absolute atomic E-state index is 13.1. The summed E-state index contributed by atoms with van der Waals surface area (Å²) in [6, 6.07) is 15.7. The van der Waals surface area contributed by atoms with Crippen molar-refractivity contribution in [1.29, 1.82) is 0 Å². The van der Waals surface area contributed by atoms with Crippen molar-refractivity contribution < 1.29 is 19.1 Å². The van der Waals surface area contributed by atoms with E-state index in [1.54, 1.807) is 17.3 Å². The fraction of sp³-hybridized carbons (Fsp3) is 0.417. The number of ether oxygens (including phenoxy) is 2. The summed E-state index contributed by atoms with van der Waals surface area (Å²) >= 11 is 0. The molecule has 0 radical (unpaired) electrons. The highest BCUT2D eigenvalue weighted by Gasteiger charge is 2.32. The number of carbonyl (C=O) groups is 2. The zero-order valence-electron chi connectivity index (χ0n) is 27.2. The minimum Gasteiger partial charge on any atom is -0.444 e. The summed E-state index contributed by atoms with van der Waals surface area (Å²) < 4.78 is 12.2. The number of nitrogens with one attached hydrogen (secondary N) is 1. The number of nitrogens with zero attached hydrogens (tertiary/aromatic N) is 5. The normalized spacial score (nSPS) is 18.6. The lowest BCUT2D eigenvalue weighted by Gasteiger charge is -2.34. The van der Waals surface area contributed by atoms with Gasteiger partial charge in [0.05, 0.1) is 16.9 Å². The molecule has 0 saturated carbocycles. The Labute approximate surface area is 270 Å². The number of benzene rings is 2. The van der Waals surface area contributed by atoms with Gasteiger partial charge in [-0.25, -0.2) is 19.7 Å². The van der Waals surface area contributed by atoms with Crippen LogP contribution in [0.15, 0.2) is 60.9 Å². The Morgan fingerprint density at radius 2 is 1.85 bits per heavy atom. The number of fused-ring (bicyclic) bond motifs is 1. The molecule has 2 aliphatic heterocycles. The highest BCUT2D eigenvalue weighted by Crippen LogP contribution is 2.40. The molecule has 10 heteroatoms. The van der Waals surface area contributed by atoms with Crippen molar-refractivity contribution >= 4 is 34.4 Å². The average molecular weight is 623 g/mol. The van der Waals surface area contributed by atoms with Gasteiger partial charge in [0.1, 0.15) is 11.4 Å². The minimum atomic E-state index is -0.545. The molecule has 4 heterocycles. The molecule has 2 aromatic carbocycles. The van der Waals surface area contributed by atoms with E-state index in [2.05, 4.69) is 28.3 Å². The molecule has 2 fully saturated rings. The number of hydrogen-bond acceptors (Lipinski definition) is 8. The summed E-state index contributed by atoms with van der Waals surface area (Å²) in [5.74, 6) is 1.83. The number of aromatic nitrogens is 3. The van der Waals surface area contributed by atoms with E-state index in [0.29, 0.717) is 36.4 Å². The van der Waals surface area contributed by atoms with Crippen LogP contribution in [0.3, 0.4) is 0 Å². The number of aryl methyl sites for hydroxylation is 1. The van der Waals surface area contributed by atoms with E-state index in [1.807, 2.05) is 75.1 Å². The van der Waals surface area contributed by atoms with E-state index >= 15 is 0 Å². The smallest absolute Gasteiger partial charge is 0.410 e. The lowest BCUT2D eigenvalue weighted by Crippen LogP contribution is -2.47. The molecule has 0 bridgehead atoms. The summed E-state index contributed by atoms with van der Waals surface area (Å²) in [7, 11) is 0. The van der Waals surface area contributed by atoms with E-state index in [0.717, 1.165) is 59.8 Å². The van der Waals surface area contributed by atoms with Crippen LogP contribution in [0.25, 0.3) is 22.0 Å².